The van der Waals surface area contributed by atoms with Crippen LogP contribution < -0.4 is 5.32 Å². The minimum Gasteiger partial charge on any atom is -0.308 e. The molecule has 2 aliphatic carbocycles. The summed E-state index contributed by atoms with van der Waals surface area (Å²) in [6, 6.07) is 6.28. The van der Waals surface area contributed by atoms with Gasteiger partial charge in [0, 0.05) is 25.2 Å². The summed E-state index contributed by atoms with van der Waals surface area (Å²) in [5, 5.41) is 3.37. The number of rotatable bonds is 7. The standard InChI is InChI=1S/C15H20F3N3/c16-15(17,18)10-21(14-6-7-14)9-13-3-1-2-12(20-13)8-19-11-4-5-11/h1-3,11,14,19H,4-10H2. The molecule has 0 spiro atoms. The van der Waals surface area contributed by atoms with Crippen LogP contribution in [0, 0.1) is 0 Å². The minimum absolute atomic E-state index is 0.0710. The van der Waals surface area contributed by atoms with Gasteiger partial charge in [-0.2, -0.15) is 13.2 Å². The summed E-state index contributed by atoms with van der Waals surface area (Å²) in [7, 11) is 0. The van der Waals surface area contributed by atoms with E-state index in [0.29, 0.717) is 12.6 Å². The third-order valence-electron chi connectivity index (χ3n) is 3.82. The van der Waals surface area contributed by atoms with Crippen molar-refractivity contribution < 1.29 is 13.2 Å². The Morgan fingerprint density at radius 1 is 1.14 bits per heavy atom. The molecule has 3 nitrogen and oxygen atoms in total. The Bertz CT molecular complexity index is 481. The number of halogens is 3. The third kappa shape index (κ3) is 4.97. The van der Waals surface area contributed by atoms with Crippen molar-refractivity contribution in [2.24, 2.45) is 0 Å². The molecule has 0 aliphatic heterocycles. The predicted molar refractivity (Wildman–Crippen MR) is 73.6 cm³/mol. The smallest absolute Gasteiger partial charge is 0.308 e. The van der Waals surface area contributed by atoms with E-state index in [-0.39, 0.29) is 12.6 Å². The molecule has 0 unspecified atom stereocenters. The first-order valence-corrected chi connectivity index (χ1v) is 7.48. The molecule has 0 bridgehead atoms. The van der Waals surface area contributed by atoms with Gasteiger partial charge in [-0.25, -0.2) is 0 Å². The normalized spacial score (nSPS) is 19.2. The number of hydrogen-bond acceptors (Lipinski definition) is 3. The third-order valence-corrected chi connectivity index (χ3v) is 3.82. The fraction of sp³-hybridized carbons (Fsp3) is 0.667. The van der Waals surface area contributed by atoms with Gasteiger partial charge < -0.3 is 5.32 Å². The maximum absolute atomic E-state index is 12.6. The van der Waals surface area contributed by atoms with Crippen molar-refractivity contribution in [3.05, 3.63) is 29.6 Å². The van der Waals surface area contributed by atoms with Crippen molar-refractivity contribution >= 4 is 0 Å². The van der Waals surface area contributed by atoms with E-state index < -0.39 is 12.7 Å². The molecule has 21 heavy (non-hydrogen) atoms. The molecule has 2 aliphatic rings. The van der Waals surface area contributed by atoms with Crippen molar-refractivity contribution in [1.82, 2.24) is 15.2 Å². The second-order valence-electron chi connectivity index (χ2n) is 6.03. The van der Waals surface area contributed by atoms with Gasteiger partial charge in [-0.15, -0.1) is 0 Å². The van der Waals surface area contributed by atoms with Gasteiger partial charge in [-0.05, 0) is 37.8 Å². The molecule has 2 fully saturated rings. The van der Waals surface area contributed by atoms with Crippen LogP contribution in [-0.4, -0.2) is 34.7 Å². The van der Waals surface area contributed by atoms with E-state index in [1.807, 2.05) is 18.2 Å². The number of hydrogen-bond donors (Lipinski definition) is 1. The van der Waals surface area contributed by atoms with Gasteiger partial charge in [0.1, 0.15) is 0 Å². The Balaban J connectivity index is 1.60. The van der Waals surface area contributed by atoms with Gasteiger partial charge in [0.2, 0.25) is 0 Å². The fourth-order valence-electron chi connectivity index (χ4n) is 2.44. The molecular formula is C15H20F3N3. The van der Waals surface area contributed by atoms with Crippen molar-refractivity contribution in [2.45, 2.75) is 57.0 Å². The lowest BCUT2D eigenvalue weighted by molar-refractivity contribution is -0.148. The van der Waals surface area contributed by atoms with Crippen LogP contribution in [0.25, 0.3) is 0 Å². The van der Waals surface area contributed by atoms with Gasteiger partial charge >= 0.3 is 6.18 Å². The molecule has 0 radical (unpaired) electrons. The summed E-state index contributed by atoms with van der Waals surface area (Å²) in [4.78, 5) is 5.98. The molecule has 0 amide bonds. The summed E-state index contributed by atoms with van der Waals surface area (Å²) >= 11 is 0. The van der Waals surface area contributed by atoms with Crippen molar-refractivity contribution in [3.8, 4) is 0 Å². The molecule has 1 heterocycles. The number of pyridine rings is 1. The zero-order valence-electron chi connectivity index (χ0n) is 11.9. The molecule has 116 valence electrons. The van der Waals surface area contributed by atoms with Gasteiger partial charge in [0.25, 0.3) is 0 Å². The molecule has 1 N–H and O–H groups in total. The molecule has 0 saturated heterocycles. The molecule has 2 saturated carbocycles. The summed E-state index contributed by atoms with van der Waals surface area (Å²) in [5.41, 5.74) is 1.63. The lowest BCUT2D eigenvalue weighted by Crippen LogP contribution is -2.35. The molecular weight excluding hydrogens is 279 g/mol. The van der Waals surface area contributed by atoms with Crippen molar-refractivity contribution in [2.75, 3.05) is 6.54 Å². The Hall–Kier alpha value is -1.14. The topological polar surface area (TPSA) is 28.2 Å². The Morgan fingerprint density at radius 2 is 1.86 bits per heavy atom. The minimum atomic E-state index is -4.15. The number of nitrogens with zero attached hydrogens (tertiary/aromatic N) is 2. The SMILES string of the molecule is FC(F)(F)CN(Cc1cccc(CNC2CC2)n1)C1CC1. The number of nitrogens with one attached hydrogen (secondary N) is 1. The molecule has 0 atom stereocenters. The maximum Gasteiger partial charge on any atom is 0.401 e. The average molecular weight is 299 g/mol. The van der Waals surface area contributed by atoms with E-state index in [9.17, 15) is 13.2 Å². The Labute approximate surface area is 122 Å². The lowest BCUT2D eigenvalue weighted by Gasteiger charge is -2.23. The van der Waals surface area contributed by atoms with E-state index in [1.54, 1.807) is 0 Å². The summed E-state index contributed by atoms with van der Waals surface area (Å²) in [5.74, 6) is 0. The van der Waals surface area contributed by atoms with Crippen LogP contribution in [0.3, 0.4) is 0 Å². The number of aromatic nitrogens is 1. The number of alkyl halides is 3. The first kappa shape index (κ1) is 14.8. The van der Waals surface area contributed by atoms with Crippen LogP contribution in [0.2, 0.25) is 0 Å². The van der Waals surface area contributed by atoms with E-state index in [4.69, 9.17) is 0 Å². The highest BCUT2D eigenvalue weighted by molar-refractivity contribution is 5.12. The molecule has 6 heteroatoms. The first-order chi connectivity index (χ1) is 9.99. The van der Waals surface area contributed by atoms with Crippen LogP contribution in [0.5, 0.6) is 0 Å². The Kier molecular flexibility index (Phi) is 4.17. The fourth-order valence-corrected chi connectivity index (χ4v) is 2.44. The second kappa shape index (κ2) is 5.93. The highest BCUT2D eigenvalue weighted by Crippen LogP contribution is 2.31. The average Bonchev–Trinajstić information content (AvgIpc) is 3.27. The molecule has 3 rings (SSSR count). The van der Waals surface area contributed by atoms with Crippen LogP contribution in [0.15, 0.2) is 18.2 Å². The second-order valence-corrected chi connectivity index (χ2v) is 6.03. The molecule has 1 aromatic rings. The van der Waals surface area contributed by atoms with Crippen LogP contribution in [-0.2, 0) is 13.1 Å². The highest BCUT2D eigenvalue weighted by atomic mass is 19.4. The van der Waals surface area contributed by atoms with Crippen LogP contribution >= 0.6 is 0 Å². The monoisotopic (exact) mass is 299 g/mol. The van der Waals surface area contributed by atoms with Crippen LogP contribution in [0.1, 0.15) is 37.1 Å². The zero-order chi connectivity index (χ0) is 14.9. The zero-order valence-corrected chi connectivity index (χ0v) is 11.9. The lowest BCUT2D eigenvalue weighted by atomic mass is 10.2. The molecule has 1 aromatic heterocycles. The quantitative estimate of drug-likeness (QED) is 0.839. The summed E-state index contributed by atoms with van der Waals surface area (Å²) in [6.07, 6.45) is -0.00674. The highest BCUT2D eigenvalue weighted by Gasteiger charge is 2.38. The van der Waals surface area contributed by atoms with Gasteiger partial charge in [-0.3, -0.25) is 9.88 Å². The Morgan fingerprint density at radius 3 is 2.48 bits per heavy atom. The maximum atomic E-state index is 12.6. The predicted octanol–water partition coefficient (Wildman–Crippen LogP) is 2.86. The van der Waals surface area contributed by atoms with E-state index in [0.717, 1.165) is 24.2 Å². The summed E-state index contributed by atoms with van der Waals surface area (Å²) < 4.78 is 37.9. The van der Waals surface area contributed by atoms with Gasteiger partial charge in [0.05, 0.1) is 17.9 Å². The molecule has 0 aromatic carbocycles. The van der Waals surface area contributed by atoms with Crippen molar-refractivity contribution in [3.63, 3.8) is 0 Å². The van der Waals surface area contributed by atoms with Gasteiger partial charge in [0.15, 0.2) is 0 Å². The van der Waals surface area contributed by atoms with E-state index in [2.05, 4.69) is 10.3 Å². The summed E-state index contributed by atoms with van der Waals surface area (Å²) in [6.45, 7) is 0.131. The largest absolute Gasteiger partial charge is 0.401 e. The van der Waals surface area contributed by atoms with Crippen LogP contribution in [0.4, 0.5) is 13.2 Å². The van der Waals surface area contributed by atoms with Crippen molar-refractivity contribution in [1.29, 1.82) is 0 Å². The first-order valence-electron chi connectivity index (χ1n) is 7.48. The van der Waals surface area contributed by atoms with E-state index in [1.165, 1.54) is 17.7 Å². The van der Waals surface area contributed by atoms with Gasteiger partial charge in [-0.1, -0.05) is 6.07 Å². The van der Waals surface area contributed by atoms with E-state index >= 15 is 0 Å².